The minimum atomic E-state index is -5.08. The normalized spacial score (nSPS) is 29.1. The third kappa shape index (κ3) is 6.14. The maximum atomic E-state index is 12.1. The van der Waals surface area contributed by atoms with Gasteiger partial charge in [0.15, 0.2) is 0 Å². The van der Waals surface area contributed by atoms with E-state index in [0.717, 1.165) is 25.4 Å². The zero-order chi connectivity index (χ0) is 18.8. The Balaban J connectivity index is 0.000000277. The Kier molecular flexibility index (Phi) is 6.31. The first-order valence-corrected chi connectivity index (χ1v) is 8.54. The lowest BCUT2D eigenvalue weighted by atomic mass is 9.99. The summed E-state index contributed by atoms with van der Waals surface area (Å²) in [5.74, 6) is -1.58. The summed E-state index contributed by atoms with van der Waals surface area (Å²) in [6.45, 7) is 7.22. The predicted molar refractivity (Wildman–Crippen MR) is 82.9 cm³/mol. The van der Waals surface area contributed by atoms with Crippen molar-refractivity contribution in [2.75, 3.05) is 19.6 Å². The highest BCUT2D eigenvalue weighted by Crippen LogP contribution is 2.35. The number of likely N-dealkylation sites (tertiary alicyclic amines) is 1. The van der Waals surface area contributed by atoms with Gasteiger partial charge in [-0.15, -0.1) is 0 Å². The zero-order valence-corrected chi connectivity index (χ0v) is 14.4. The molecule has 144 valence electrons. The number of morpholine rings is 1. The molecule has 2 heterocycles. The van der Waals surface area contributed by atoms with Crippen LogP contribution >= 0.6 is 0 Å². The molecule has 2 bridgehead atoms. The van der Waals surface area contributed by atoms with Crippen molar-refractivity contribution >= 4 is 11.9 Å². The molecule has 1 saturated carbocycles. The summed E-state index contributed by atoms with van der Waals surface area (Å²) in [6, 6.07) is 0.223. The Bertz CT molecular complexity index is 494. The van der Waals surface area contributed by atoms with Gasteiger partial charge < -0.3 is 15.2 Å². The number of carboxylic acids is 1. The summed E-state index contributed by atoms with van der Waals surface area (Å²) in [5, 5.41) is 10.2. The van der Waals surface area contributed by atoms with Crippen molar-refractivity contribution in [3.05, 3.63) is 0 Å². The highest BCUT2D eigenvalue weighted by Gasteiger charge is 2.45. The SMILES string of the molecule is CC(C)NC(=O)[C@H]1C[C@@H]2CN(CC3CC3)C[C@H]1O2.O=C(O)C(F)(F)F. The first kappa shape index (κ1) is 20.0. The van der Waals surface area contributed by atoms with Gasteiger partial charge in [-0.3, -0.25) is 9.69 Å². The Labute approximate surface area is 144 Å². The fourth-order valence-electron chi connectivity index (χ4n) is 3.22. The van der Waals surface area contributed by atoms with Crippen LogP contribution in [0.15, 0.2) is 0 Å². The quantitative estimate of drug-likeness (QED) is 0.791. The number of fused-ring (bicyclic) bond motifs is 2. The van der Waals surface area contributed by atoms with E-state index in [2.05, 4.69) is 10.2 Å². The number of alkyl halides is 3. The van der Waals surface area contributed by atoms with E-state index in [9.17, 15) is 18.0 Å². The van der Waals surface area contributed by atoms with Crippen molar-refractivity contribution < 1.29 is 32.6 Å². The third-order valence-electron chi connectivity index (χ3n) is 4.46. The molecule has 2 aliphatic heterocycles. The number of nitrogens with one attached hydrogen (secondary N) is 1. The van der Waals surface area contributed by atoms with Crippen LogP contribution in [0.4, 0.5) is 13.2 Å². The number of hydrogen-bond donors (Lipinski definition) is 2. The van der Waals surface area contributed by atoms with E-state index in [0.29, 0.717) is 0 Å². The van der Waals surface area contributed by atoms with E-state index in [-0.39, 0.29) is 30.1 Å². The Hall–Kier alpha value is -1.35. The van der Waals surface area contributed by atoms with E-state index < -0.39 is 12.1 Å². The van der Waals surface area contributed by atoms with E-state index in [1.54, 1.807) is 0 Å². The molecular formula is C16H25F3N2O4. The molecule has 3 fully saturated rings. The molecule has 3 rings (SSSR count). The Morgan fingerprint density at radius 2 is 1.88 bits per heavy atom. The van der Waals surface area contributed by atoms with E-state index in [4.69, 9.17) is 14.6 Å². The van der Waals surface area contributed by atoms with Crippen molar-refractivity contribution in [2.45, 2.75) is 57.5 Å². The smallest absolute Gasteiger partial charge is 0.475 e. The van der Waals surface area contributed by atoms with Crippen LogP contribution in [0.1, 0.15) is 33.1 Å². The monoisotopic (exact) mass is 366 g/mol. The van der Waals surface area contributed by atoms with Gasteiger partial charge in [-0.2, -0.15) is 13.2 Å². The lowest BCUT2D eigenvalue weighted by Gasteiger charge is -2.32. The number of aliphatic carboxylic acids is 1. The van der Waals surface area contributed by atoms with Gasteiger partial charge in [0, 0.05) is 25.7 Å². The molecule has 1 amide bonds. The fraction of sp³-hybridized carbons (Fsp3) is 0.875. The number of carbonyl (C=O) groups excluding carboxylic acids is 1. The highest BCUT2D eigenvalue weighted by molar-refractivity contribution is 5.80. The second-order valence-electron chi connectivity index (χ2n) is 7.27. The molecular weight excluding hydrogens is 341 g/mol. The van der Waals surface area contributed by atoms with Crippen LogP contribution in [0.5, 0.6) is 0 Å². The topological polar surface area (TPSA) is 78.9 Å². The van der Waals surface area contributed by atoms with Gasteiger partial charge in [0.1, 0.15) is 0 Å². The molecule has 0 aromatic carbocycles. The van der Waals surface area contributed by atoms with Gasteiger partial charge in [0.2, 0.25) is 5.91 Å². The van der Waals surface area contributed by atoms with Gasteiger partial charge in [-0.1, -0.05) is 0 Å². The maximum Gasteiger partial charge on any atom is 0.490 e. The number of carbonyl (C=O) groups is 2. The van der Waals surface area contributed by atoms with Crippen molar-refractivity contribution in [1.29, 1.82) is 0 Å². The highest BCUT2D eigenvalue weighted by atomic mass is 19.4. The van der Waals surface area contributed by atoms with Crippen LogP contribution < -0.4 is 5.32 Å². The minimum absolute atomic E-state index is 0.0709. The predicted octanol–water partition coefficient (Wildman–Crippen LogP) is 1.64. The summed E-state index contributed by atoms with van der Waals surface area (Å²) >= 11 is 0. The van der Waals surface area contributed by atoms with E-state index in [1.807, 2.05) is 13.8 Å². The summed E-state index contributed by atoms with van der Waals surface area (Å²) in [4.78, 5) is 23.5. The molecule has 2 N–H and O–H groups in total. The molecule has 0 radical (unpaired) electrons. The van der Waals surface area contributed by atoms with Crippen molar-refractivity contribution in [3.8, 4) is 0 Å². The second-order valence-corrected chi connectivity index (χ2v) is 7.27. The van der Waals surface area contributed by atoms with Crippen molar-refractivity contribution in [3.63, 3.8) is 0 Å². The Morgan fingerprint density at radius 3 is 2.36 bits per heavy atom. The van der Waals surface area contributed by atoms with Crippen LogP contribution in [0.25, 0.3) is 0 Å². The average molecular weight is 366 g/mol. The van der Waals surface area contributed by atoms with E-state index >= 15 is 0 Å². The number of halogens is 3. The molecule has 1 aliphatic carbocycles. The fourth-order valence-corrected chi connectivity index (χ4v) is 3.22. The average Bonchev–Trinajstić information content (AvgIpc) is 3.21. The number of nitrogens with zero attached hydrogens (tertiary/aromatic N) is 1. The third-order valence-corrected chi connectivity index (χ3v) is 4.46. The lowest BCUT2D eigenvalue weighted by molar-refractivity contribution is -0.192. The molecule has 0 aromatic heterocycles. The van der Waals surface area contributed by atoms with Crippen molar-refractivity contribution in [2.24, 2.45) is 11.8 Å². The van der Waals surface area contributed by atoms with Gasteiger partial charge in [0.25, 0.3) is 0 Å². The molecule has 3 atom stereocenters. The summed E-state index contributed by atoms with van der Waals surface area (Å²) < 4.78 is 37.7. The van der Waals surface area contributed by atoms with E-state index in [1.165, 1.54) is 19.4 Å². The first-order chi connectivity index (χ1) is 11.6. The molecule has 2 saturated heterocycles. The molecule has 3 aliphatic rings. The molecule has 6 nitrogen and oxygen atoms in total. The van der Waals surface area contributed by atoms with Gasteiger partial charge in [-0.25, -0.2) is 4.79 Å². The molecule has 0 aromatic rings. The van der Waals surface area contributed by atoms with Crippen LogP contribution in [0.3, 0.4) is 0 Å². The van der Waals surface area contributed by atoms with Crippen LogP contribution in [-0.2, 0) is 14.3 Å². The second kappa shape index (κ2) is 7.90. The minimum Gasteiger partial charge on any atom is -0.475 e. The number of carboxylic acid groups (broad SMARTS) is 1. The number of amides is 1. The summed E-state index contributed by atoms with van der Waals surface area (Å²) in [5.41, 5.74) is 0. The van der Waals surface area contributed by atoms with Crippen LogP contribution in [0.2, 0.25) is 0 Å². The summed E-state index contributed by atoms with van der Waals surface area (Å²) in [6.07, 6.45) is -0.982. The zero-order valence-electron chi connectivity index (χ0n) is 14.4. The first-order valence-electron chi connectivity index (χ1n) is 8.54. The number of rotatable bonds is 4. The van der Waals surface area contributed by atoms with Gasteiger partial charge in [0.05, 0.1) is 18.1 Å². The maximum absolute atomic E-state index is 12.1. The molecule has 0 spiro atoms. The Morgan fingerprint density at radius 1 is 1.28 bits per heavy atom. The summed E-state index contributed by atoms with van der Waals surface area (Å²) in [7, 11) is 0. The lowest BCUT2D eigenvalue weighted by Crippen LogP contribution is -2.46. The molecule has 25 heavy (non-hydrogen) atoms. The molecule has 0 unspecified atom stereocenters. The van der Waals surface area contributed by atoms with Crippen molar-refractivity contribution in [1.82, 2.24) is 10.2 Å². The number of hydrogen-bond acceptors (Lipinski definition) is 4. The van der Waals surface area contributed by atoms with Crippen LogP contribution in [0, 0.1) is 11.8 Å². The van der Waals surface area contributed by atoms with Crippen LogP contribution in [-0.4, -0.2) is 65.9 Å². The standard InChI is InChI=1S/C14H24N2O2.C2HF3O2/c1-9(2)15-14(17)12-5-11-7-16(6-10-3-4-10)8-13(12)18-11;3-2(4,5)1(6)7/h9-13H,3-8H2,1-2H3,(H,15,17);(H,6,7)/t11-,12+,13-;/m1./s1. The van der Waals surface area contributed by atoms with Gasteiger partial charge in [-0.05, 0) is 39.0 Å². The molecule has 9 heteroatoms. The van der Waals surface area contributed by atoms with Gasteiger partial charge >= 0.3 is 12.1 Å². The largest absolute Gasteiger partial charge is 0.490 e. The number of ether oxygens (including phenoxy) is 1.